The zero-order valence-corrected chi connectivity index (χ0v) is 36.3. The topological polar surface area (TPSA) is 87.7 Å². The third kappa shape index (κ3) is 14.9. The van der Waals surface area contributed by atoms with Crippen LogP contribution in [0.1, 0.15) is 74.0 Å². The van der Waals surface area contributed by atoms with Gasteiger partial charge in [-0.05, 0) is 97.9 Å². The van der Waals surface area contributed by atoms with Crippen LogP contribution in [0, 0.1) is 0 Å². The standard InChI is InChI=1S/C49H66N10S/c60-49(54-42-15-5-3-1-2-4-6-16-42)55-43-23-21-41(22-24-43)35-48-40-58(38-46-19-9-13-27-52-46)32-31-56(36-44-17-7-11-25-50-44)29-30-57(37-45-18-8-12-26-51-45)33-34-59(48)39-47-20-10-14-28-53-47/h7-14,17-28,42,45,48,51H,1-6,15-16,29-40H2,(H2,54,55,60). The molecule has 0 amide bonds. The SMILES string of the molecule is S=C(Nc1ccc(CC2CN(Cc3ccccn3)CCN(Cc3ccccn3)CCN(CC3C=CC=CN3)CCN2Cc2ccccn2)cc1)NC1CCCCCCCC1. The summed E-state index contributed by atoms with van der Waals surface area (Å²) in [5, 5.41) is 11.5. The van der Waals surface area contributed by atoms with Gasteiger partial charge in [-0.1, -0.05) is 81.0 Å². The number of allylic oxidation sites excluding steroid dienone is 2. The summed E-state index contributed by atoms with van der Waals surface area (Å²) in [5.74, 6) is 0. The summed E-state index contributed by atoms with van der Waals surface area (Å²) >= 11 is 5.85. The van der Waals surface area contributed by atoms with E-state index in [1.54, 1.807) is 0 Å². The summed E-state index contributed by atoms with van der Waals surface area (Å²) in [4.78, 5) is 24.9. The van der Waals surface area contributed by atoms with Crippen LogP contribution in [0.25, 0.3) is 0 Å². The Morgan fingerprint density at radius 3 is 1.83 bits per heavy atom. The van der Waals surface area contributed by atoms with Crippen LogP contribution in [0.3, 0.4) is 0 Å². The van der Waals surface area contributed by atoms with E-state index in [-0.39, 0.29) is 12.1 Å². The van der Waals surface area contributed by atoms with Crippen LogP contribution in [0.5, 0.6) is 0 Å². The second-order valence-corrected chi connectivity index (χ2v) is 17.2. The fourth-order valence-electron chi connectivity index (χ4n) is 8.78. The Kier molecular flexibility index (Phi) is 17.5. The predicted molar refractivity (Wildman–Crippen MR) is 249 cm³/mol. The lowest BCUT2D eigenvalue weighted by atomic mass is 10.0. The molecule has 0 bridgehead atoms. The number of hydrogen-bond donors (Lipinski definition) is 3. The molecule has 2 aliphatic heterocycles. The third-order valence-electron chi connectivity index (χ3n) is 12.2. The van der Waals surface area contributed by atoms with Crippen LogP contribution < -0.4 is 16.0 Å². The lowest BCUT2D eigenvalue weighted by molar-refractivity contribution is 0.0851. The number of anilines is 1. The van der Waals surface area contributed by atoms with E-state index in [1.165, 1.54) is 56.9 Å². The van der Waals surface area contributed by atoms with Crippen molar-refractivity contribution in [1.29, 1.82) is 0 Å². The molecule has 3 aromatic heterocycles. The fourth-order valence-corrected chi connectivity index (χ4v) is 9.06. The number of hydrogen-bond acceptors (Lipinski definition) is 9. The first-order valence-corrected chi connectivity index (χ1v) is 22.9. The van der Waals surface area contributed by atoms with Gasteiger partial charge in [-0.2, -0.15) is 0 Å². The lowest BCUT2D eigenvalue weighted by Gasteiger charge is -2.39. The summed E-state index contributed by atoms with van der Waals surface area (Å²) in [6.07, 6.45) is 25.6. The van der Waals surface area contributed by atoms with Crippen molar-refractivity contribution < 1.29 is 0 Å². The van der Waals surface area contributed by atoms with Gasteiger partial charge in [0.05, 0.1) is 23.1 Å². The van der Waals surface area contributed by atoms with E-state index in [1.807, 2.05) is 36.8 Å². The molecular formula is C49H66N10S. The average molecular weight is 827 g/mol. The van der Waals surface area contributed by atoms with Crippen LogP contribution in [-0.2, 0) is 26.1 Å². The van der Waals surface area contributed by atoms with Gasteiger partial charge in [-0.25, -0.2) is 0 Å². The second kappa shape index (κ2) is 24.1. The van der Waals surface area contributed by atoms with Crippen LogP contribution in [-0.4, -0.2) is 110 Å². The van der Waals surface area contributed by atoms with Crippen molar-refractivity contribution in [3.63, 3.8) is 0 Å². The molecule has 60 heavy (non-hydrogen) atoms. The van der Waals surface area contributed by atoms with Crippen LogP contribution in [0.4, 0.5) is 5.69 Å². The van der Waals surface area contributed by atoms with Gasteiger partial charge >= 0.3 is 0 Å². The molecule has 0 radical (unpaired) electrons. The molecule has 3 N–H and O–H groups in total. The Morgan fingerprint density at radius 2 is 1.22 bits per heavy atom. The molecular weight excluding hydrogens is 761 g/mol. The summed E-state index contributed by atoms with van der Waals surface area (Å²) in [7, 11) is 0. The Bertz CT molecular complexity index is 1870. The van der Waals surface area contributed by atoms with Crippen molar-refractivity contribution in [2.45, 2.75) is 95.5 Å². The van der Waals surface area contributed by atoms with E-state index in [0.29, 0.717) is 6.04 Å². The fraction of sp³-hybridized carbons (Fsp3) is 0.469. The number of benzene rings is 1. The maximum atomic E-state index is 5.85. The lowest BCUT2D eigenvalue weighted by Crippen LogP contribution is -2.51. The molecule has 0 spiro atoms. The van der Waals surface area contributed by atoms with Gasteiger partial charge in [0.1, 0.15) is 0 Å². The smallest absolute Gasteiger partial charge is 0.170 e. The number of thiocarbonyl (C=S) groups is 1. The van der Waals surface area contributed by atoms with Gasteiger partial charge in [0.2, 0.25) is 0 Å². The Hall–Kier alpha value is -4.52. The molecule has 10 nitrogen and oxygen atoms in total. The van der Waals surface area contributed by atoms with Crippen molar-refractivity contribution in [2.75, 3.05) is 57.7 Å². The van der Waals surface area contributed by atoms with Crippen LogP contribution >= 0.6 is 12.2 Å². The molecule has 1 saturated heterocycles. The number of nitrogens with zero attached hydrogens (tertiary/aromatic N) is 7. The van der Waals surface area contributed by atoms with E-state index in [4.69, 9.17) is 27.2 Å². The molecule has 7 rings (SSSR count). The van der Waals surface area contributed by atoms with E-state index < -0.39 is 0 Å². The first kappa shape index (κ1) is 43.6. The highest BCUT2D eigenvalue weighted by Crippen LogP contribution is 2.20. The van der Waals surface area contributed by atoms with Crippen LogP contribution in [0.2, 0.25) is 0 Å². The second-order valence-electron chi connectivity index (χ2n) is 16.8. The minimum atomic E-state index is 0.224. The van der Waals surface area contributed by atoms with Gasteiger partial charge < -0.3 is 16.0 Å². The highest BCUT2D eigenvalue weighted by Gasteiger charge is 2.26. The van der Waals surface area contributed by atoms with Crippen molar-refractivity contribution in [3.05, 3.63) is 145 Å². The first-order chi connectivity index (χ1) is 29.6. The van der Waals surface area contributed by atoms with Crippen molar-refractivity contribution in [2.24, 2.45) is 0 Å². The molecule has 2 fully saturated rings. The first-order valence-electron chi connectivity index (χ1n) is 22.5. The van der Waals surface area contributed by atoms with Gasteiger partial charge in [-0.15, -0.1) is 0 Å². The largest absolute Gasteiger partial charge is 0.383 e. The Morgan fingerprint density at radius 1 is 0.633 bits per heavy atom. The highest BCUT2D eigenvalue weighted by atomic mass is 32.1. The summed E-state index contributed by atoms with van der Waals surface area (Å²) in [6, 6.07) is 28.8. The molecule has 1 saturated carbocycles. The Balaban J connectivity index is 1.13. The summed E-state index contributed by atoms with van der Waals surface area (Å²) in [6.45, 7) is 9.90. The summed E-state index contributed by atoms with van der Waals surface area (Å²) < 4.78 is 0. The van der Waals surface area contributed by atoms with Gasteiger partial charge in [0, 0.05) is 108 Å². The third-order valence-corrected chi connectivity index (χ3v) is 12.4. The molecule has 318 valence electrons. The molecule has 4 aromatic rings. The van der Waals surface area contributed by atoms with E-state index in [2.05, 4.69) is 121 Å². The number of dihydropyridines is 1. The maximum Gasteiger partial charge on any atom is 0.170 e. The maximum absolute atomic E-state index is 5.85. The van der Waals surface area contributed by atoms with Crippen molar-refractivity contribution >= 4 is 23.0 Å². The normalized spacial score (nSPS) is 21.1. The molecule has 2 atom stereocenters. The van der Waals surface area contributed by atoms with E-state index in [0.717, 1.165) is 106 Å². The van der Waals surface area contributed by atoms with Crippen LogP contribution in [0.15, 0.2) is 122 Å². The number of aromatic nitrogens is 3. The predicted octanol–water partition coefficient (Wildman–Crippen LogP) is 7.44. The number of nitrogens with one attached hydrogen (secondary N) is 3. The molecule has 2 unspecified atom stereocenters. The van der Waals surface area contributed by atoms with Gasteiger partial charge in [0.25, 0.3) is 0 Å². The monoisotopic (exact) mass is 827 g/mol. The zero-order valence-electron chi connectivity index (χ0n) is 35.5. The van der Waals surface area contributed by atoms with Gasteiger partial charge in [0.15, 0.2) is 5.11 Å². The minimum Gasteiger partial charge on any atom is -0.383 e. The molecule has 5 heterocycles. The van der Waals surface area contributed by atoms with E-state index in [9.17, 15) is 0 Å². The quantitative estimate of drug-likeness (QED) is 0.125. The number of rotatable bonds is 12. The summed E-state index contributed by atoms with van der Waals surface area (Å²) in [5.41, 5.74) is 5.65. The minimum absolute atomic E-state index is 0.224. The average Bonchev–Trinajstić information content (AvgIpc) is 3.41. The highest BCUT2D eigenvalue weighted by molar-refractivity contribution is 7.80. The molecule has 3 aliphatic rings. The van der Waals surface area contributed by atoms with E-state index >= 15 is 0 Å². The molecule has 1 aliphatic carbocycles. The van der Waals surface area contributed by atoms with Crippen molar-refractivity contribution in [1.82, 2.24) is 45.2 Å². The molecule has 11 heteroatoms. The molecule has 1 aromatic carbocycles. The van der Waals surface area contributed by atoms with Gasteiger partial charge in [-0.3, -0.25) is 34.6 Å². The Labute approximate surface area is 364 Å². The number of pyridine rings is 3. The van der Waals surface area contributed by atoms with Crippen molar-refractivity contribution in [3.8, 4) is 0 Å². The zero-order chi connectivity index (χ0) is 41.0.